The van der Waals surface area contributed by atoms with Crippen LogP contribution in [0.5, 0.6) is 0 Å². The Kier molecular flexibility index (Phi) is 3.79. The molecule has 2 aliphatic carbocycles. The summed E-state index contributed by atoms with van der Waals surface area (Å²) in [6.45, 7) is 4.62. The van der Waals surface area contributed by atoms with Crippen LogP contribution in [0.4, 0.5) is 0 Å². The lowest BCUT2D eigenvalue weighted by molar-refractivity contribution is 0.00594. The van der Waals surface area contributed by atoms with Gasteiger partial charge >= 0.3 is 0 Å². The molecule has 0 unspecified atom stereocenters. The van der Waals surface area contributed by atoms with Crippen LogP contribution in [0, 0.1) is 11.3 Å². The van der Waals surface area contributed by atoms with Crippen LogP contribution < -0.4 is 0 Å². The number of hydrogen-bond donors (Lipinski definition) is 0. The molecule has 0 N–H and O–H groups in total. The van der Waals surface area contributed by atoms with Crippen molar-refractivity contribution in [3.63, 3.8) is 0 Å². The summed E-state index contributed by atoms with van der Waals surface area (Å²) in [5.74, 6) is 1.03. The van der Waals surface area contributed by atoms with Crippen molar-refractivity contribution in [2.45, 2.75) is 44.6 Å². The highest BCUT2D eigenvalue weighted by molar-refractivity contribution is 9.09. The molecule has 0 amide bonds. The minimum Gasteiger partial charge on any atom is -0.381 e. The highest BCUT2D eigenvalue weighted by Gasteiger charge is 2.40. The summed E-state index contributed by atoms with van der Waals surface area (Å²) in [6.07, 6.45) is 8.34. The third-order valence-electron chi connectivity index (χ3n) is 4.63. The van der Waals surface area contributed by atoms with Crippen molar-refractivity contribution in [3.8, 4) is 0 Å². The fourth-order valence-corrected chi connectivity index (χ4v) is 3.72. The van der Waals surface area contributed by atoms with E-state index in [0.29, 0.717) is 5.41 Å². The van der Waals surface area contributed by atoms with Crippen molar-refractivity contribution in [2.75, 3.05) is 31.6 Å². The van der Waals surface area contributed by atoms with E-state index in [0.717, 1.165) is 30.5 Å². The number of ether oxygens (including phenoxy) is 1. The summed E-state index contributed by atoms with van der Waals surface area (Å²) in [4.78, 5) is 2.81. The van der Waals surface area contributed by atoms with E-state index in [2.05, 4.69) is 20.8 Å². The molecule has 3 aliphatic rings. The molecule has 1 heterocycles. The molecular weight excluding hydrogens is 278 g/mol. The van der Waals surface area contributed by atoms with Gasteiger partial charge in [0.25, 0.3) is 0 Å². The predicted octanol–water partition coefficient (Wildman–Crippen LogP) is 3.05. The smallest absolute Gasteiger partial charge is 0.0472 e. The van der Waals surface area contributed by atoms with Gasteiger partial charge in [0.1, 0.15) is 0 Å². The van der Waals surface area contributed by atoms with Crippen LogP contribution in [0.2, 0.25) is 0 Å². The van der Waals surface area contributed by atoms with Crippen molar-refractivity contribution >= 4 is 15.9 Å². The molecule has 0 aromatic heterocycles. The van der Waals surface area contributed by atoms with Crippen LogP contribution >= 0.6 is 15.9 Å². The molecule has 0 aromatic rings. The summed E-state index contributed by atoms with van der Waals surface area (Å²) < 4.78 is 5.54. The highest BCUT2D eigenvalue weighted by atomic mass is 79.9. The number of halogens is 1. The average Bonchev–Trinajstić information content (AvgIpc) is 3.22. The second-order valence-electron chi connectivity index (χ2n) is 6.35. The fraction of sp³-hybridized carbons (Fsp3) is 1.00. The monoisotopic (exact) mass is 301 g/mol. The summed E-state index contributed by atoms with van der Waals surface area (Å²) in [5.41, 5.74) is 0.496. The Labute approximate surface area is 113 Å². The zero-order valence-corrected chi connectivity index (χ0v) is 12.3. The van der Waals surface area contributed by atoms with Crippen molar-refractivity contribution in [1.29, 1.82) is 0 Å². The van der Waals surface area contributed by atoms with Gasteiger partial charge in [-0.1, -0.05) is 15.9 Å². The van der Waals surface area contributed by atoms with E-state index in [4.69, 9.17) is 4.74 Å². The van der Waals surface area contributed by atoms with Gasteiger partial charge in [-0.05, 0) is 49.9 Å². The summed E-state index contributed by atoms with van der Waals surface area (Å²) in [5, 5.41) is 1.15. The van der Waals surface area contributed by atoms with Gasteiger partial charge in [0.05, 0.1) is 0 Å². The zero-order valence-electron chi connectivity index (χ0n) is 10.7. The van der Waals surface area contributed by atoms with Gasteiger partial charge < -0.3 is 4.74 Å². The van der Waals surface area contributed by atoms with Gasteiger partial charge in [0, 0.05) is 37.7 Å². The van der Waals surface area contributed by atoms with Crippen LogP contribution in [0.3, 0.4) is 0 Å². The lowest BCUT2D eigenvalue weighted by atomic mass is 9.81. The van der Waals surface area contributed by atoms with E-state index in [1.54, 1.807) is 0 Å². The molecule has 0 aromatic carbocycles. The van der Waals surface area contributed by atoms with E-state index < -0.39 is 0 Å². The second-order valence-corrected chi connectivity index (χ2v) is 6.91. The largest absolute Gasteiger partial charge is 0.381 e. The molecule has 0 bridgehead atoms. The van der Waals surface area contributed by atoms with E-state index in [1.807, 2.05) is 0 Å². The lowest BCUT2D eigenvalue weighted by Gasteiger charge is -2.40. The normalized spacial score (nSPS) is 28.6. The van der Waals surface area contributed by atoms with Crippen molar-refractivity contribution in [2.24, 2.45) is 11.3 Å². The first-order valence-electron chi connectivity index (χ1n) is 7.19. The maximum absolute atomic E-state index is 5.54. The number of hydrogen-bond acceptors (Lipinski definition) is 2. The predicted molar refractivity (Wildman–Crippen MR) is 73.6 cm³/mol. The van der Waals surface area contributed by atoms with Crippen LogP contribution in [0.25, 0.3) is 0 Å². The van der Waals surface area contributed by atoms with Crippen molar-refractivity contribution < 1.29 is 4.74 Å². The maximum Gasteiger partial charge on any atom is 0.0472 e. The molecule has 1 saturated heterocycles. The minimum absolute atomic E-state index is 0.496. The minimum atomic E-state index is 0.496. The molecular formula is C14H24BrNO. The molecule has 0 radical (unpaired) electrons. The van der Waals surface area contributed by atoms with Crippen molar-refractivity contribution in [3.05, 3.63) is 0 Å². The Morgan fingerprint density at radius 3 is 2.35 bits per heavy atom. The average molecular weight is 302 g/mol. The molecule has 98 valence electrons. The van der Waals surface area contributed by atoms with Crippen LogP contribution in [-0.2, 0) is 4.74 Å². The molecule has 17 heavy (non-hydrogen) atoms. The number of rotatable bonds is 6. The highest BCUT2D eigenvalue weighted by Crippen LogP contribution is 2.40. The Morgan fingerprint density at radius 2 is 1.82 bits per heavy atom. The van der Waals surface area contributed by atoms with E-state index in [9.17, 15) is 0 Å². The Bertz CT molecular complexity index is 257. The Balaban J connectivity index is 1.60. The first kappa shape index (κ1) is 12.4. The number of nitrogens with zero attached hydrogens (tertiary/aromatic N) is 1. The van der Waals surface area contributed by atoms with Crippen LogP contribution in [0.15, 0.2) is 0 Å². The molecule has 3 rings (SSSR count). The topological polar surface area (TPSA) is 12.5 Å². The maximum atomic E-state index is 5.54. The Hall–Kier alpha value is 0.400. The van der Waals surface area contributed by atoms with Gasteiger partial charge in [-0.3, -0.25) is 4.90 Å². The van der Waals surface area contributed by atoms with E-state index in [1.165, 1.54) is 51.6 Å². The van der Waals surface area contributed by atoms with Crippen LogP contribution in [-0.4, -0.2) is 42.6 Å². The second kappa shape index (κ2) is 5.18. The Morgan fingerprint density at radius 1 is 1.12 bits per heavy atom. The summed E-state index contributed by atoms with van der Waals surface area (Å²) in [6, 6.07) is 0.925. The molecule has 2 saturated carbocycles. The lowest BCUT2D eigenvalue weighted by Crippen LogP contribution is -2.44. The molecule has 0 spiro atoms. The van der Waals surface area contributed by atoms with Gasteiger partial charge in [-0.25, -0.2) is 0 Å². The van der Waals surface area contributed by atoms with Gasteiger partial charge in [0.2, 0.25) is 0 Å². The van der Waals surface area contributed by atoms with Crippen LogP contribution in [0.1, 0.15) is 38.5 Å². The van der Waals surface area contributed by atoms with Gasteiger partial charge in [-0.2, -0.15) is 0 Å². The summed E-state index contributed by atoms with van der Waals surface area (Å²) >= 11 is 3.77. The van der Waals surface area contributed by atoms with E-state index >= 15 is 0 Å². The summed E-state index contributed by atoms with van der Waals surface area (Å²) in [7, 11) is 0. The molecule has 3 heteroatoms. The van der Waals surface area contributed by atoms with Gasteiger partial charge in [-0.15, -0.1) is 0 Å². The van der Waals surface area contributed by atoms with Crippen molar-refractivity contribution in [1.82, 2.24) is 4.90 Å². The molecule has 0 atom stereocenters. The first-order chi connectivity index (χ1) is 8.31. The third kappa shape index (κ3) is 3.24. The first-order valence-corrected chi connectivity index (χ1v) is 8.31. The zero-order chi connectivity index (χ0) is 11.7. The fourth-order valence-electron chi connectivity index (χ4n) is 2.98. The molecule has 2 nitrogen and oxygen atoms in total. The standard InChI is InChI=1S/C14H24BrNO/c15-10-14(5-7-17-8-6-14)11-16(13-3-4-13)9-12-1-2-12/h12-13H,1-11H2. The quantitative estimate of drug-likeness (QED) is 0.699. The van der Waals surface area contributed by atoms with E-state index in [-0.39, 0.29) is 0 Å². The van der Waals surface area contributed by atoms with Gasteiger partial charge in [0.15, 0.2) is 0 Å². The molecule has 3 fully saturated rings. The third-order valence-corrected chi connectivity index (χ3v) is 5.82. The number of alkyl halides is 1. The SMILES string of the molecule is BrCC1(CN(CC2CC2)C2CC2)CCOCC1. The molecule has 1 aliphatic heterocycles.